The van der Waals surface area contributed by atoms with Crippen molar-refractivity contribution in [3.05, 3.63) is 35.4 Å². The maximum atomic E-state index is 11.5. The maximum absolute atomic E-state index is 11.5. The second kappa shape index (κ2) is 12.1. The molecule has 30 heavy (non-hydrogen) atoms. The van der Waals surface area contributed by atoms with Gasteiger partial charge in [-0.15, -0.1) is 24.0 Å². The lowest BCUT2D eigenvalue weighted by Gasteiger charge is -2.31. The van der Waals surface area contributed by atoms with E-state index >= 15 is 0 Å². The van der Waals surface area contributed by atoms with Crippen molar-refractivity contribution in [3.8, 4) is 0 Å². The van der Waals surface area contributed by atoms with Crippen LogP contribution in [0.25, 0.3) is 0 Å². The molecule has 168 valence electrons. The molecule has 6 nitrogen and oxygen atoms in total. The molecule has 0 aromatic heterocycles. The van der Waals surface area contributed by atoms with E-state index in [0.29, 0.717) is 4.75 Å². The number of nitrogens with two attached hydrogens (primary N) is 1. The molecule has 2 heterocycles. The second-order valence-corrected chi connectivity index (χ2v) is 10.2. The number of piperidine rings is 1. The van der Waals surface area contributed by atoms with E-state index in [4.69, 9.17) is 5.73 Å². The van der Waals surface area contributed by atoms with E-state index in [9.17, 15) is 4.79 Å². The first-order valence-electron chi connectivity index (χ1n) is 10.7. The minimum atomic E-state index is -0.170. The molecule has 0 radical (unpaired) electrons. The molecule has 2 fully saturated rings. The predicted molar refractivity (Wildman–Crippen MR) is 137 cm³/mol. The van der Waals surface area contributed by atoms with Crippen LogP contribution >= 0.6 is 35.7 Å². The first kappa shape index (κ1) is 25.3. The fourth-order valence-corrected chi connectivity index (χ4v) is 5.43. The third-order valence-electron chi connectivity index (χ3n) is 5.92. The molecule has 0 spiro atoms. The molecule has 2 saturated heterocycles. The lowest BCUT2D eigenvalue weighted by atomic mass is 9.97. The number of hydrogen-bond donors (Lipinski definition) is 3. The van der Waals surface area contributed by atoms with Gasteiger partial charge in [0, 0.05) is 38.0 Å². The van der Waals surface area contributed by atoms with Crippen molar-refractivity contribution < 1.29 is 4.79 Å². The Labute approximate surface area is 202 Å². The average Bonchev–Trinajstić information content (AvgIpc) is 3.15. The number of aliphatic imine (C=N–C) groups is 1. The highest BCUT2D eigenvalue weighted by Gasteiger charge is 2.29. The monoisotopic (exact) mass is 545 g/mol. The van der Waals surface area contributed by atoms with Gasteiger partial charge in [-0.1, -0.05) is 24.3 Å². The van der Waals surface area contributed by atoms with E-state index < -0.39 is 0 Å². The number of amides is 1. The Kier molecular flexibility index (Phi) is 10.2. The predicted octanol–water partition coefficient (Wildman–Crippen LogP) is 2.95. The second-order valence-electron chi connectivity index (χ2n) is 8.48. The molecule has 0 saturated carbocycles. The number of carbonyl (C=O) groups excluding carboxylic acids is 1. The summed E-state index contributed by atoms with van der Waals surface area (Å²) in [5.41, 5.74) is 8.01. The normalized spacial score (nSPS) is 24.9. The molecule has 3 rings (SSSR count). The lowest BCUT2D eigenvalue weighted by molar-refractivity contribution is -0.123. The van der Waals surface area contributed by atoms with Crippen LogP contribution in [0, 0.1) is 5.92 Å². The summed E-state index contributed by atoms with van der Waals surface area (Å²) < 4.78 is 0.314. The Balaban J connectivity index is 0.00000320. The number of nitrogens with one attached hydrogen (secondary N) is 2. The van der Waals surface area contributed by atoms with Crippen LogP contribution in [0.1, 0.15) is 43.7 Å². The van der Waals surface area contributed by atoms with Gasteiger partial charge in [0.25, 0.3) is 0 Å². The zero-order valence-corrected chi connectivity index (χ0v) is 21.3. The number of thioether (sulfide) groups is 1. The quantitative estimate of drug-likeness (QED) is 0.279. The molecule has 0 aliphatic carbocycles. The van der Waals surface area contributed by atoms with Gasteiger partial charge in [-0.25, -0.2) is 0 Å². The van der Waals surface area contributed by atoms with Crippen molar-refractivity contribution in [2.24, 2.45) is 16.6 Å². The van der Waals surface area contributed by atoms with Crippen molar-refractivity contribution in [3.63, 3.8) is 0 Å². The number of rotatable bonds is 7. The molecule has 8 heteroatoms. The summed E-state index contributed by atoms with van der Waals surface area (Å²) in [4.78, 5) is 18.2. The fourth-order valence-electron chi connectivity index (χ4n) is 4.18. The van der Waals surface area contributed by atoms with Crippen LogP contribution in [0.5, 0.6) is 0 Å². The van der Waals surface area contributed by atoms with E-state index in [1.54, 1.807) is 0 Å². The van der Waals surface area contributed by atoms with E-state index in [1.807, 2.05) is 7.05 Å². The summed E-state index contributed by atoms with van der Waals surface area (Å²) in [6.07, 6.45) is 4.52. The first-order chi connectivity index (χ1) is 14.0. The van der Waals surface area contributed by atoms with E-state index in [0.717, 1.165) is 51.5 Å². The van der Waals surface area contributed by atoms with E-state index in [1.165, 1.54) is 29.7 Å². The van der Waals surface area contributed by atoms with Crippen LogP contribution in [-0.2, 0) is 17.9 Å². The molecule has 1 amide bonds. The highest BCUT2D eigenvalue weighted by atomic mass is 127. The first-order valence-corrected chi connectivity index (χ1v) is 11.6. The molecule has 2 aliphatic rings. The van der Waals surface area contributed by atoms with Crippen LogP contribution in [-0.4, -0.2) is 53.9 Å². The lowest BCUT2D eigenvalue weighted by Crippen LogP contribution is -2.43. The van der Waals surface area contributed by atoms with Crippen LogP contribution in [0.15, 0.2) is 29.3 Å². The Bertz CT molecular complexity index is 723. The number of guanidine groups is 1. The van der Waals surface area contributed by atoms with Gasteiger partial charge in [0.05, 0.1) is 5.92 Å². The van der Waals surface area contributed by atoms with Gasteiger partial charge in [-0.05, 0) is 56.0 Å². The number of carbonyl (C=O) groups is 1. The van der Waals surface area contributed by atoms with E-state index in [2.05, 4.69) is 63.5 Å². The zero-order chi connectivity index (χ0) is 20.7. The zero-order valence-electron chi connectivity index (χ0n) is 18.2. The summed E-state index contributed by atoms with van der Waals surface area (Å²) in [7, 11) is 1.82. The average molecular weight is 546 g/mol. The van der Waals surface area contributed by atoms with Crippen LogP contribution in [0.4, 0.5) is 0 Å². The van der Waals surface area contributed by atoms with Crippen LogP contribution in [0.2, 0.25) is 0 Å². The Hall–Kier alpha value is -1.00. The van der Waals surface area contributed by atoms with Gasteiger partial charge in [0.1, 0.15) is 0 Å². The molecular formula is C22H36IN5OS. The van der Waals surface area contributed by atoms with Gasteiger partial charge in [0.2, 0.25) is 5.91 Å². The molecule has 4 N–H and O–H groups in total. The van der Waals surface area contributed by atoms with Crippen molar-refractivity contribution in [2.45, 2.75) is 50.4 Å². The van der Waals surface area contributed by atoms with E-state index in [-0.39, 0.29) is 35.8 Å². The van der Waals surface area contributed by atoms with Crippen molar-refractivity contribution >= 4 is 47.6 Å². The largest absolute Gasteiger partial charge is 0.369 e. The summed E-state index contributed by atoms with van der Waals surface area (Å²) in [5.74, 6) is 1.93. The number of primary amides is 1. The Morgan fingerprint density at radius 1 is 1.33 bits per heavy atom. The molecule has 1 aromatic rings. The topological polar surface area (TPSA) is 82.8 Å². The summed E-state index contributed by atoms with van der Waals surface area (Å²) in [5, 5.41) is 6.92. The smallest absolute Gasteiger partial charge is 0.221 e. The number of benzene rings is 1. The highest BCUT2D eigenvalue weighted by molar-refractivity contribution is 14.0. The maximum Gasteiger partial charge on any atom is 0.221 e. The van der Waals surface area contributed by atoms with Crippen LogP contribution in [0.3, 0.4) is 0 Å². The number of nitrogens with zero attached hydrogens (tertiary/aromatic N) is 2. The van der Waals surface area contributed by atoms with Gasteiger partial charge in [-0.2, -0.15) is 11.8 Å². The molecule has 2 unspecified atom stereocenters. The summed E-state index contributed by atoms with van der Waals surface area (Å²) in [6.45, 7) is 6.66. The standard InChI is InChI=1S/C22H35N5OS.HI/c1-22(9-5-11-29-22)16-26-21(24-2)25-13-17-6-3-7-18(12-17)14-27-10-4-8-19(15-27)20(23)28;/h3,6-7,12,19H,4-5,8-11,13-16H2,1-2H3,(H2,23,28)(H2,24,25,26);1H. The van der Waals surface area contributed by atoms with Gasteiger partial charge in [0.15, 0.2) is 5.96 Å². The number of likely N-dealkylation sites (tertiary alicyclic amines) is 1. The van der Waals surface area contributed by atoms with Crippen LogP contribution < -0.4 is 16.4 Å². The van der Waals surface area contributed by atoms with Crippen molar-refractivity contribution in [2.75, 3.05) is 32.4 Å². The van der Waals surface area contributed by atoms with Crippen molar-refractivity contribution in [1.82, 2.24) is 15.5 Å². The van der Waals surface area contributed by atoms with Gasteiger partial charge < -0.3 is 16.4 Å². The fraction of sp³-hybridized carbons (Fsp3) is 0.636. The molecular weight excluding hydrogens is 509 g/mol. The number of hydrogen-bond acceptors (Lipinski definition) is 4. The SMILES string of the molecule is CN=C(NCc1cccc(CN2CCCC(C(N)=O)C2)c1)NCC1(C)CCCS1.I. The third-order valence-corrected chi connectivity index (χ3v) is 7.46. The minimum absolute atomic E-state index is 0. The molecule has 2 atom stereocenters. The Morgan fingerprint density at radius 3 is 2.83 bits per heavy atom. The summed E-state index contributed by atoms with van der Waals surface area (Å²) >= 11 is 2.05. The van der Waals surface area contributed by atoms with Gasteiger partial charge >= 0.3 is 0 Å². The third kappa shape index (κ3) is 7.60. The minimum Gasteiger partial charge on any atom is -0.369 e. The number of halogens is 1. The molecule has 0 bridgehead atoms. The van der Waals surface area contributed by atoms with Gasteiger partial charge in [-0.3, -0.25) is 14.7 Å². The summed E-state index contributed by atoms with van der Waals surface area (Å²) in [6, 6.07) is 8.64. The Morgan fingerprint density at radius 2 is 2.13 bits per heavy atom. The molecule has 2 aliphatic heterocycles. The van der Waals surface area contributed by atoms with Crippen molar-refractivity contribution in [1.29, 1.82) is 0 Å². The highest BCUT2D eigenvalue weighted by Crippen LogP contribution is 2.36. The molecule has 1 aromatic carbocycles.